The van der Waals surface area contributed by atoms with E-state index in [0.717, 1.165) is 19.0 Å². The Morgan fingerprint density at radius 2 is 2.17 bits per heavy atom. The van der Waals surface area contributed by atoms with Crippen molar-refractivity contribution >= 4 is 28.3 Å². The third kappa shape index (κ3) is 3.85. The molecule has 0 radical (unpaired) electrons. The molecule has 1 aliphatic heterocycles. The largest absolute Gasteiger partial charge is 0.369 e. The quantitative estimate of drug-likeness (QED) is 0.832. The smallest absolute Gasteiger partial charge is 0.0502 e. The maximum absolute atomic E-state index is 3.69. The molecule has 3 heteroatoms. The van der Waals surface area contributed by atoms with E-state index >= 15 is 0 Å². The predicted molar refractivity (Wildman–Crippen MR) is 87.2 cm³/mol. The summed E-state index contributed by atoms with van der Waals surface area (Å²) in [5.74, 6) is 0.761. The molecule has 0 spiro atoms. The van der Waals surface area contributed by atoms with E-state index < -0.39 is 0 Å². The summed E-state index contributed by atoms with van der Waals surface area (Å²) in [4.78, 5) is 2.55. The normalized spacial score (nSPS) is 21.1. The van der Waals surface area contributed by atoms with Crippen molar-refractivity contribution in [2.45, 2.75) is 32.7 Å². The van der Waals surface area contributed by atoms with Crippen molar-refractivity contribution in [2.24, 2.45) is 5.92 Å². The molecule has 0 aliphatic carbocycles. The van der Waals surface area contributed by atoms with Crippen molar-refractivity contribution in [3.63, 3.8) is 0 Å². The van der Waals surface area contributed by atoms with E-state index in [4.69, 9.17) is 0 Å². The van der Waals surface area contributed by atoms with Gasteiger partial charge in [-0.05, 0) is 60.0 Å². The first-order valence-corrected chi connectivity index (χ1v) is 7.97. The van der Waals surface area contributed by atoms with Crippen LogP contribution < -0.4 is 10.2 Å². The SMILES string of the molecule is CC(C)CC1CN(c2ccccc2I)CCCN1. The van der Waals surface area contributed by atoms with Crippen molar-refractivity contribution in [2.75, 3.05) is 24.5 Å². The molecule has 2 nitrogen and oxygen atoms in total. The van der Waals surface area contributed by atoms with Crippen LogP contribution in [0, 0.1) is 9.49 Å². The molecule has 0 amide bonds. The standard InChI is InChI=1S/C15H23IN2/c1-12(2)10-13-11-18(9-5-8-17-13)15-7-4-3-6-14(15)16/h3-4,6-7,12-13,17H,5,8-11H2,1-2H3. The summed E-state index contributed by atoms with van der Waals surface area (Å²) in [7, 11) is 0. The summed E-state index contributed by atoms with van der Waals surface area (Å²) in [6.45, 7) is 8.07. The van der Waals surface area contributed by atoms with Crippen LogP contribution in [0.2, 0.25) is 0 Å². The van der Waals surface area contributed by atoms with E-state index in [2.05, 4.69) is 70.9 Å². The summed E-state index contributed by atoms with van der Waals surface area (Å²) in [6.07, 6.45) is 2.50. The fourth-order valence-electron chi connectivity index (χ4n) is 2.65. The third-order valence-corrected chi connectivity index (χ3v) is 4.34. The molecule has 2 rings (SSSR count). The highest BCUT2D eigenvalue weighted by Crippen LogP contribution is 2.24. The van der Waals surface area contributed by atoms with Crippen LogP contribution in [0.4, 0.5) is 5.69 Å². The van der Waals surface area contributed by atoms with Crippen molar-refractivity contribution in [1.82, 2.24) is 5.32 Å². The molecule has 1 N–H and O–H groups in total. The van der Waals surface area contributed by atoms with Crippen molar-refractivity contribution < 1.29 is 0 Å². The molecule has 1 heterocycles. The number of hydrogen-bond acceptors (Lipinski definition) is 2. The fraction of sp³-hybridized carbons (Fsp3) is 0.600. The molecule has 100 valence electrons. The van der Waals surface area contributed by atoms with Gasteiger partial charge in [-0.1, -0.05) is 26.0 Å². The van der Waals surface area contributed by atoms with Gasteiger partial charge in [-0.25, -0.2) is 0 Å². The van der Waals surface area contributed by atoms with Crippen molar-refractivity contribution in [3.8, 4) is 0 Å². The first-order chi connectivity index (χ1) is 8.66. The first kappa shape index (κ1) is 14.1. The van der Waals surface area contributed by atoms with Gasteiger partial charge in [-0.15, -0.1) is 0 Å². The zero-order chi connectivity index (χ0) is 13.0. The minimum atomic E-state index is 0.628. The Morgan fingerprint density at radius 1 is 1.39 bits per heavy atom. The second-order valence-corrected chi connectivity index (χ2v) is 6.69. The van der Waals surface area contributed by atoms with E-state index in [0.29, 0.717) is 6.04 Å². The number of halogens is 1. The Bertz CT molecular complexity index is 379. The maximum atomic E-state index is 3.69. The lowest BCUT2D eigenvalue weighted by Crippen LogP contribution is -2.38. The van der Waals surface area contributed by atoms with Crippen LogP contribution in [0.3, 0.4) is 0 Å². The number of hydrogen-bond donors (Lipinski definition) is 1. The summed E-state index contributed by atoms with van der Waals surface area (Å²) in [5, 5.41) is 3.69. The van der Waals surface area contributed by atoms with Crippen molar-refractivity contribution in [3.05, 3.63) is 27.8 Å². The monoisotopic (exact) mass is 358 g/mol. The lowest BCUT2D eigenvalue weighted by Gasteiger charge is -2.28. The fourth-order valence-corrected chi connectivity index (χ4v) is 3.38. The van der Waals surface area contributed by atoms with Crippen LogP contribution in [0.25, 0.3) is 0 Å². The summed E-state index contributed by atoms with van der Waals surface area (Å²) < 4.78 is 1.36. The topological polar surface area (TPSA) is 15.3 Å². The molecule has 0 saturated carbocycles. The zero-order valence-corrected chi connectivity index (χ0v) is 13.5. The molecule has 18 heavy (non-hydrogen) atoms. The second kappa shape index (κ2) is 6.75. The minimum absolute atomic E-state index is 0.628. The van der Waals surface area contributed by atoms with Gasteiger partial charge >= 0.3 is 0 Å². The molecule has 0 bridgehead atoms. The number of benzene rings is 1. The number of nitrogens with one attached hydrogen (secondary N) is 1. The van der Waals surface area contributed by atoms with Gasteiger partial charge in [0.2, 0.25) is 0 Å². The molecule has 1 aromatic carbocycles. The summed E-state index contributed by atoms with van der Waals surface area (Å²) in [6, 6.07) is 9.34. The molecular weight excluding hydrogens is 335 g/mol. The van der Waals surface area contributed by atoms with Gasteiger partial charge in [0.25, 0.3) is 0 Å². The van der Waals surface area contributed by atoms with Gasteiger partial charge in [0, 0.05) is 22.7 Å². The first-order valence-electron chi connectivity index (χ1n) is 6.89. The minimum Gasteiger partial charge on any atom is -0.369 e. The van der Waals surface area contributed by atoms with Crippen LogP contribution in [-0.4, -0.2) is 25.7 Å². The molecule has 1 saturated heterocycles. The van der Waals surface area contributed by atoms with Gasteiger partial charge < -0.3 is 10.2 Å². The van der Waals surface area contributed by atoms with E-state index in [1.165, 1.54) is 28.6 Å². The summed E-state index contributed by atoms with van der Waals surface area (Å²) in [5.41, 5.74) is 1.40. The highest BCUT2D eigenvalue weighted by atomic mass is 127. The Hall–Kier alpha value is -0.290. The molecule has 1 aliphatic rings. The lowest BCUT2D eigenvalue weighted by atomic mass is 10.0. The summed E-state index contributed by atoms with van der Waals surface area (Å²) >= 11 is 2.45. The molecule has 1 aromatic rings. The van der Waals surface area contributed by atoms with Crippen molar-refractivity contribution in [1.29, 1.82) is 0 Å². The average molecular weight is 358 g/mol. The highest BCUT2D eigenvalue weighted by Gasteiger charge is 2.19. The zero-order valence-electron chi connectivity index (χ0n) is 11.3. The van der Waals surface area contributed by atoms with Crippen LogP contribution in [-0.2, 0) is 0 Å². The maximum Gasteiger partial charge on any atom is 0.0502 e. The number of anilines is 1. The molecule has 0 aromatic heterocycles. The average Bonchev–Trinajstić information content (AvgIpc) is 2.54. The molecule has 1 atom stereocenters. The van der Waals surface area contributed by atoms with E-state index in [9.17, 15) is 0 Å². The number of nitrogens with zero attached hydrogens (tertiary/aromatic N) is 1. The Kier molecular flexibility index (Phi) is 5.30. The van der Waals surface area contributed by atoms with E-state index in [-0.39, 0.29) is 0 Å². The lowest BCUT2D eigenvalue weighted by molar-refractivity contribution is 0.436. The van der Waals surface area contributed by atoms with Gasteiger partial charge in [-0.2, -0.15) is 0 Å². The van der Waals surface area contributed by atoms with Crippen LogP contribution in [0.5, 0.6) is 0 Å². The Morgan fingerprint density at radius 3 is 2.89 bits per heavy atom. The van der Waals surface area contributed by atoms with Crippen LogP contribution in [0.15, 0.2) is 24.3 Å². The number of rotatable bonds is 3. The van der Waals surface area contributed by atoms with Gasteiger partial charge in [-0.3, -0.25) is 0 Å². The second-order valence-electron chi connectivity index (χ2n) is 5.53. The van der Waals surface area contributed by atoms with E-state index in [1.54, 1.807) is 0 Å². The molecule has 1 unspecified atom stereocenters. The van der Waals surface area contributed by atoms with Gasteiger partial charge in [0.1, 0.15) is 0 Å². The van der Waals surface area contributed by atoms with E-state index in [1.807, 2.05) is 0 Å². The number of para-hydroxylation sites is 1. The van der Waals surface area contributed by atoms with Gasteiger partial charge in [0.05, 0.1) is 5.69 Å². The molecule has 1 fully saturated rings. The molecular formula is C15H23IN2. The highest BCUT2D eigenvalue weighted by molar-refractivity contribution is 14.1. The third-order valence-electron chi connectivity index (χ3n) is 3.43. The predicted octanol–water partition coefficient (Wildman–Crippen LogP) is 3.51. The van der Waals surface area contributed by atoms with Crippen LogP contribution in [0.1, 0.15) is 26.7 Å². The Balaban J connectivity index is 2.09. The van der Waals surface area contributed by atoms with Gasteiger partial charge in [0.15, 0.2) is 0 Å². The van der Waals surface area contributed by atoms with Crippen LogP contribution >= 0.6 is 22.6 Å². The Labute approximate surface area is 124 Å².